The third kappa shape index (κ3) is 4.26. The normalized spacial score (nSPS) is 10.3. The third-order valence-corrected chi connectivity index (χ3v) is 3.56. The zero-order valence-electron chi connectivity index (χ0n) is 13.6. The minimum atomic E-state index is -0.543. The van der Waals surface area contributed by atoms with Gasteiger partial charge in [-0.15, -0.1) is 0 Å². The number of anilines is 2. The first-order valence-corrected chi connectivity index (χ1v) is 7.74. The summed E-state index contributed by atoms with van der Waals surface area (Å²) in [6.07, 6.45) is 4.55. The van der Waals surface area contributed by atoms with Crippen LogP contribution in [-0.2, 0) is 13.1 Å². The predicted molar refractivity (Wildman–Crippen MR) is 94.0 cm³/mol. The zero-order valence-corrected chi connectivity index (χ0v) is 13.6. The Morgan fingerprint density at radius 1 is 1.00 bits per heavy atom. The second-order valence-electron chi connectivity index (χ2n) is 5.37. The second-order valence-corrected chi connectivity index (χ2v) is 5.37. The van der Waals surface area contributed by atoms with Crippen molar-refractivity contribution in [1.29, 1.82) is 0 Å². The molecule has 0 saturated heterocycles. The molecule has 2 heterocycles. The molecule has 0 fully saturated rings. The van der Waals surface area contributed by atoms with Gasteiger partial charge in [-0.1, -0.05) is 18.2 Å². The number of benzene rings is 1. The molecule has 0 aliphatic heterocycles. The number of hydrogen-bond acceptors (Lipinski definition) is 7. The molecule has 0 unspecified atom stereocenters. The molecule has 26 heavy (non-hydrogen) atoms. The van der Waals surface area contributed by atoms with E-state index >= 15 is 0 Å². The number of nitrogens with one attached hydrogen (secondary N) is 2. The number of aromatic nitrogens is 3. The van der Waals surface area contributed by atoms with Crippen LogP contribution in [0.4, 0.5) is 21.7 Å². The summed E-state index contributed by atoms with van der Waals surface area (Å²) in [6, 6.07) is 9.47. The monoisotopic (exact) mass is 354 g/mol. The minimum Gasteiger partial charge on any atom is -0.360 e. The fourth-order valence-electron chi connectivity index (χ4n) is 2.29. The molecule has 8 nitrogen and oxygen atoms in total. The van der Waals surface area contributed by atoms with Crippen LogP contribution >= 0.6 is 0 Å². The summed E-state index contributed by atoms with van der Waals surface area (Å²) in [5.41, 5.74) is 1.38. The Hall–Kier alpha value is -3.62. The number of nitrogens with zero attached hydrogens (tertiary/aromatic N) is 4. The summed E-state index contributed by atoms with van der Waals surface area (Å²) in [6.45, 7) is 0.600. The van der Waals surface area contributed by atoms with Crippen LogP contribution in [0.3, 0.4) is 0 Å². The molecule has 2 aromatic heterocycles. The maximum atomic E-state index is 13.0. The standard InChI is InChI=1S/C17H15FN6O2/c18-14-5-3-12(4-6-14)9-20-16-15(24(25)26)17(23-11-22-16)21-10-13-2-1-7-19-8-13/h1-8,11H,9-10H2,(H2,20,21,22,23). The molecule has 0 amide bonds. The van der Waals surface area contributed by atoms with Gasteiger partial charge in [0.15, 0.2) is 0 Å². The number of nitro groups is 1. The first kappa shape index (κ1) is 17.2. The Bertz CT molecular complexity index is 890. The van der Waals surface area contributed by atoms with Gasteiger partial charge in [-0.3, -0.25) is 15.1 Å². The molecule has 2 N–H and O–H groups in total. The quantitative estimate of drug-likeness (QED) is 0.496. The smallest absolute Gasteiger partial charge is 0.353 e. The lowest BCUT2D eigenvalue weighted by Crippen LogP contribution is -2.10. The van der Waals surface area contributed by atoms with Crippen LogP contribution in [0.25, 0.3) is 0 Å². The van der Waals surface area contributed by atoms with Gasteiger partial charge in [0.1, 0.15) is 12.1 Å². The van der Waals surface area contributed by atoms with Crippen molar-refractivity contribution in [3.63, 3.8) is 0 Å². The fourth-order valence-corrected chi connectivity index (χ4v) is 2.29. The van der Waals surface area contributed by atoms with Crippen molar-refractivity contribution in [2.24, 2.45) is 0 Å². The third-order valence-electron chi connectivity index (χ3n) is 3.56. The SMILES string of the molecule is O=[N+]([O-])c1c(NCc2ccc(F)cc2)ncnc1NCc1cccnc1. The van der Waals surface area contributed by atoms with E-state index in [1.165, 1.54) is 18.5 Å². The summed E-state index contributed by atoms with van der Waals surface area (Å²) in [4.78, 5) is 22.9. The van der Waals surface area contributed by atoms with Gasteiger partial charge >= 0.3 is 5.69 Å². The maximum Gasteiger partial charge on any atom is 0.353 e. The highest BCUT2D eigenvalue weighted by Gasteiger charge is 2.22. The van der Waals surface area contributed by atoms with Crippen molar-refractivity contribution in [1.82, 2.24) is 15.0 Å². The lowest BCUT2D eigenvalue weighted by atomic mass is 10.2. The van der Waals surface area contributed by atoms with Crippen molar-refractivity contribution in [2.45, 2.75) is 13.1 Å². The van der Waals surface area contributed by atoms with Crippen molar-refractivity contribution < 1.29 is 9.31 Å². The predicted octanol–water partition coefficient (Wildman–Crippen LogP) is 3.14. The van der Waals surface area contributed by atoms with Crippen molar-refractivity contribution in [3.8, 4) is 0 Å². The van der Waals surface area contributed by atoms with Gasteiger partial charge in [-0.2, -0.15) is 0 Å². The first-order chi connectivity index (χ1) is 12.6. The van der Waals surface area contributed by atoms with Crippen molar-refractivity contribution in [3.05, 3.63) is 82.2 Å². The van der Waals surface area contributed by atoms with Crippen LogP contribution in [0.1, 0.15) is 11.1 Å². The largest absolute Gasteiger partial charge is 0.360 e. The molecule has 3 rings (SSSR count). The van der Waals surface area contributed by atoms with Crippen LogP contribution in [-0.4, -0.2) is 19.9 Å². The van der Waals surface area contributed by atoms with E-state index in [1.54, 1.807) is 30.6 Å². The van der Waals surface area contributed by atoms with Crippen LogP contribution in [0.15, 0.2) is 55.1 Å². The Labute approximate surface area is 148 Å². The van der Waals surface area contributed by atoms with E-state index in [0.717, 1.165) is 11.1 Å². The van der Waals surface area contributed by atoms with Gasteiger partial charge in [-0.05, 0) is 29.3 Å². The molecule has 1 aromatic carbocycles. The van der Waals surface area contributed by atoms with Crippen LogP contribution in [0, 0.1) is 15.9 Å². The van der Waals surface area contributed by atoms with E-state index in [1.807, 2.05) is 6.07 Å². The van der Waals surface area contributed by atoms with E-state index in [9.17, 15) is 14.5 Å². The summed E-state index contributed by atoms with van der Waals surface area (Å²) >= 11 is 0. The van der Waals surface area contributed by atoms with Crippen LogP contribution in [0.5, 0.6) is 0 Å². The molecule has 0 atom stereocenters. The zero-order chi connectivity index (χ0) is 18.4. The van der Waals surface area contributed by atoms with E-state index in [0.29, 0.717) is 6.54 Å². The summed E-state index contributed by atoms with van der Waals surface area (Å²) < 4.78 is 13.0. The summed E-state index contributed by atoms with van der Waals surface area (Å²) in [7, 11) is 0. The Morgan fingerprint density at radius 3 is 2.23 bits per heavy atom. The maximum absolute atomic E-state index is 13.0. The second kappa shape index (κ2) is 7.97. The van der Waals surface area contributed by atoms with Crippen molar-refractivity contribution in [2.75, 3.05) is 10.6 Å². The van der Waals surface area contributed by atoms with Crippen molar-refractivity contribution >= 4 is 17.3 Å². The first-order valence-electron chi connectivity index (χ1n) is 7.74. The molecule has 0 aliphatic carbocycles. The molecular weight excluding hydrogens is 339 g/mol. The number of pyridine rings is 1. The summed E-state index contributed by atoms with van der Waals surface area (Å²) in [5, 5.41) is 17.3. The highest BCUT2D eigenvalue weighted by Crippen LogP contribution is 2.29. The van der Waals surface area contributed by atoms with Gasteiger partial charge in [0.05, 0.1) is 4.92 Å². The minimum absolute atomic E-state index is 0.0861. The number of halogens is 1. The van der Waals surface area contributed by atoms with E-state index in [2.05, 4.69) is 25.6 Å². The molecule has 0 spiro atoms. The average molecular weight is 354 g/mol. The highest BCUT2D eigenvalue weighted by molar-refractivity contribution is 5.69. The topological polar surface area (TPSA) is 106 Å². The lowest BCUT2D eigenvalue weighted by Gasteiger charge is -2.10. The number of rotatable bonds is 7. The molecule has 0 saturated carbocycles. The van der Waals surface area contributed by atoms with Gasteiger partial charge in [0, 0.05) is 25.5 Å². The van der Waals surface area contributed by atoms with E-state index in [4.69, 9.17) is 0 Å². The van der Waals surface area contributed by atoms with Gasteiger partial charge in [0.25, 0.3) is 0 Å². The Morgan fingerprint density at radius 2 is 1.65 bits per heavy atom. The molecule has 3 aromatic rings. The molecule has 0 aliphatic rings. The molecule has 9 heteroatoms. The Balaban J connectivity index is 1.77. The average Bonchev–Trinajstić information content (AvgIpc) is 2.66. The molecule has 0 radical (unpaired) electrons. The van der Waals surface area contributed by atoms with Gasteiger partial charge in [-0.25, -0.2) is 14.4 Å². The van der Waals surface area contributed by atoms with Crippen LogP contribution in [0.2, 0.25) is 0 Å². The van der Waals surface area contributed by atoms with E-state index in [-0.39, 0.29) is 29.7 Å². The van der Waals surface area contributed by atoms with Gasteiger partial charge < -0.3 is 10.6 Å². The highest BCUT2D eigenvalue weighted by atomic mass is 19.1. The number of hydrogen-bond donors (Lipinski definition) is 2. The van der Waals surface area contributed by atoms with Crippen LogP contribution < -0.4 is 10.6 Å². The van der Waals surface area contributed by atoms with Gasteiger partial charge in [0.2, 0.25) is 11.6 Å². The fraction of sp³-hybridized carbons (Fsp3) is 0.118. The summed E-state index contributed by atoms with van der Waals surface area (Å²) in [5.74, 6) is -0.151. The Kier molecular flexibility index (Phi) is 5.28. The lowest BCUT2D eigenvalue weighted by molar-refractivity contribution is -0.383. The molecule has 0 bridgehead atoms. The van der Waals surface area contributed by atoms with E-state index < -0.39 is 4.92 Å². The molecule has 132 valence electrons. The molecular formula is C17H15FN6O2.